The molecule has 0 spiro atoms. The molecule has 0 saturated carbocycles. The quantitative estimate of drug-likeness (QED) is 0.756. The number of sulfonamides is 1. The van der Waals surface area contributed by atoms with E-state index >= 15 is 0 Å². The van der Waals surface area contributed by atoms with E-state index in [4.69, 9.17) is 4.74 Å². The molecule has 0 aliphatic carbocycles. The van der Waals surface area contributed by atoms with E-state index in [9.17, 15) is 22.4 Å². The molecule has 7 nitrogen and oxygen atoms in total. The molecule has 0 atom stereocenters. The Bertz CT molecular complexity index is 993. The minimum Gasteiger partial charge on any atom is -0.459 e. The molecule has 0 aliphatic heterocycles. The van der Waals surface area contributed by atoms with Crippen LogP contribution in [0.25, 0.3) is 0 Å². The third kappa shape index (κ3) is 6.21. The summed E-state index contributed by atoms with van der Waals surface area (Å²) in [6, 6.07) is 8.16. The van der Waals surface area contributed by atoms with E-state index in [-0.39, 0.29) is 17.8 Å². The first-order valence-corrected chi connectivity index (χ1v) is 9.77. The number of halogens is 1. The SMILES string of the molecule is CC(C)(C)OC(=O)Cn1cccc(NS(=O)(=O)Cc2ccccc2F)c1=O. The molecule has 27 heavy (non-hydrogen) atoms. The van der Waals surface area contributed by atoms with Gasteiger partial charge in [-0.3, -0.25) is 14.3 Å². The molecule has 1 heterocycles. The summed E-state index contributed by atoms with van der Waals surface area (Å²) in [6.07, 6.45) is 1.35. The van der Waals surface area contributed by atoms with Crippen LogP contribution in [-0.4, -0.2) is 24.6 Å². The zero-order chi connectivity index (χ0) is 20.2. The van der Waals surface area contributed by atoms with Gasteiger partial charge in [0.25, 0.3) is 5.56 Å². The number of carbonyl (C=O) groups is 1. The molecule has 1 aromatic heterocycles. The average Bonchev–Trinajstić information content (AvgIpc) is 2.51. The largest absolute Gasteiger partial charge is 0.459 e. The molecule has 0 aliphatic rings. The van der Waals surface area contributed by atoms with Crippen molar-refractivity contribution in [1.82, 2.24) is 4.57 Å². The lowest BCUT2D eigenvalue weighted by Gasteiger charge is -2.19. The standard InChI is InChI=1S/C18H21FN2O5S/c1-18(2,3)26-16(22)11-21-10-6-9-15(17(21)23)20-27(24,25)12-13-7-4-5-8-14(13)19/h4-10,20H,11-12H2,1-3H3. The molecule has 9 heteroatoms. The molecule has 2 rings (SSSR count). The fourth-order valence-electron chi connectivity index (χ4n) is 2.28. The van der Waals surface area contributed by atoms with Crippen LogP contribution in [0.3, 0.4) is 0 Å². The van der Waals surface area contributed by atoms with Crippen LogP contribution in [-0.2, 0) is 31.9 Å². The number of carbonyl (C=O) groups excluding carboxylic acids is 1. The zero-order valence-corrected chi connectivity index (χ0v) is 16.0. The Morgan fingerprint density at radius 1 is 1.19 bits per heavy atom. The van der Waals surface area contributed by atoms with Crippen LogP contribution in [0.15, 0.2) is 47.4 Å². The van der Waals surface area contributed by atoms with Crippen molar-refractivity contribution in [1.29, 1.82) is 0 Å². The van der Waals surface area contributed by atoms with Crippen molar-refractivity contribution < 1.29 is 22.3 Å². The third-order valence-corrected chi connectivity index (χ3v) is 4.53. The lowest BCUT2D eigenvalue weighted by Crippen LogP contribution is -2.32. The number of benzene rings is 1. The summed E-state index contributed by atoms with van der Waals surface area (Å²) in [5, 5.41) is 0. The fraction of sp³-hybridized carbons (Fsp3) is 0.333. The highest BCUT2D eigenvalue weighted by Gasteiger charge is 2.19. The van der Waals surface area contributed by atoms with Crippen molar-refractivity contribution in [2.45, 2.75) is 38.7 Å². The van der Waals surface area contributed by atoms with E-state index in [1.807, 2.05) is 0 Å². The number of hydrogen-bond acceptors (Lipinski definition) is 5. The molecule has 0 amide bonds. The molecule has 1 N–H and O–H groups in total. The third-order valence-electron chi connectivity index (χ3n) is 3.31. The summed E-state index contributed by atoms with van der Waals surface area (Å²) in [5.74, 6) is -1.91. The molecular weight excluding hydrogens is 375 g/mol. The van der Waals surface area contributed by atoms with Crippen molar-refractivity contribution in [2.24, 2.45) is 0 Å². The number of rotatable bonds is 6. The Labute approximate surface area is 156 Å². The maximum Gasteiger partial charge on any atom is 0.326 e. The summed E-state index contributed by atoms with van der Waals surface area (Å²) < 4.78 is 46.6. The van der Waals surface area contributed by atoms with E-state index in [1.165, 1.54) is 36.5 Å². The van der Waals surface area contributed by atoms with E-state index in [0.717, 1.165) is 10.6 Å². The van der Waals surface area contributed by atoms with Gasteiger partial charge in [-0.2, -0.15) is 0 Å². The lowest BCUT2D eigenvalue weighted by molar-refractivity contribution is -0.155. The predicted octanol–water partition coefficient (Wildman–Crippen LogP) is 2.27. The van der Waals surface area contributed by atoms with Gasteiger partial charge in [0.2, 0.25) is 10.0 Å². The lowest BCUT2D eigenvalue weighted by atomic mass is 10.2. The molecular formula is C18H21FN2O5S. The minimum absolute atomic E-state index is 0.0185. The van der Waals surface area contributed by atoms with E-state index in [0.29, 0.717) is 0 Å². The van der Waals surface area contributed by atoms with Crippen molar-refractivity contribution >= 4 is 21.7 Å². The number of aromatic nitrogens is 1. The summed E-state index contributed by atoms with van der Waals surface area (Å²) in [7, 11) is -4.03. The molecule has 2 aromatic rings. The van der Waals surface area contributed by atoms with E-state index < -0.39 is 38.7 Å². The van der Waals surface area contributed by atoms with Gasteiger partial charge in [0.1, 0.15) is 23.7 Å². The molecule has 0 saturated heterocycles. The van der Waals surface area contributed by atoms with Crippen LogP contribution in [0.4, 0.5) is 10.1 Å². The highest BCUT2D eigenvalue weighted by atomic mass is 32.2. The van der Waals surface area contributed by atoms with Crippen LogP contribution in [0.5, 0.6) is 0 Å². The number of pyridine rings is 1. The molecule has 0 radical (unpaired) electrons. The average molecular weight is 396 g/mol. The van der Waals surface area contributed by atoms with Gasteiger partial charge in [0.05, 0.1) is 5.75 Å². The summed E-state index contributed by atoms with van der Waals surface area (Å²) in [6.45, 7) is 4.72. The van der Waals surface area contributed by atoms with Gasteiger partial charge in [0.15, 0.2) is 0 Å². The first-order chi connectivity index (χ1) is 12.5. The summed E-state index contributed by atoms with van der Waals surface area (Å²) in [5.41, 5.74) is -1.67. The Morgan fingerprint density at radius 3 is 2.48 bits per heavy atom. The van der Waals surface area contributed by atoms with Gasteiger partial charge < -0.3 is 9.30 Å². The molecule has 0 unspecified atom stereocenters. The van der Waals surface area contributed by atoms with Gasteiger partial charge in [-0.1, -0.05) is 18.2 Å². The number of ether oxygens (including phenoxy) is 1. The zero-order valence-electron chi connectivity index (χ0n) is 15.2. The maximum atomic E-state index is 13.7. The topological polar surface area (TPSA) is 94.5 Å². The minimum atomic E-state index is -4.03. The normalized spacial score (nSPS) is 11.9. The maximum absolute atomic E-state index is 13.7. The van der Waals surface area contributed by atoms with E-state index in [1.54, 1.807) is 20.8 Å². The Morgan fingerprint density at radius 2 is 1.85 bits per heavy atom. The molecule has 146 valence electrons. The second kappa shape index (κ2) is 7.91. The predicted molar refractivity (Wildman–Crippen MR) is 99.2 cm³/mol. The van der Waals surface area contributed by atoms with Crippen LogP contribution in [0.2, 0.25) is 0 Å². The van der Waals surface area contributed by atoms with Crippen LogP contribution in [0, 0.1) is 5.82 Å². The van der Waals surface area contributed by atoms with E-state index in [2.05, 4.69) is 4.72 Å². The molecule has 0 bridgehead atoms. The first-order valence-electron chi connectivity index (χ1n) is 8.12. The van der Waals surface area contributed by atoms with Crippen molar-refractivity contribution in [3.8, 4) is 0 Å². The van der Waals surface area contributed by atoms with Crippen molar-refractivity contribution in [3.63, 3.8) is 0 Å². The highest BCUT2D eigenvalue weighted by molar-refractivity contribution is 7.91. The number of nitrogens with zero attached hydrogens (tertiary/aromatic N) is 1. The molecule has 1 aromatic carbocycles. The number of esters is 1. The molecule has 0 fully saturated rings. The summed E-state index contributed by atoms with van der Waals surface area (Å²) in [4.78, 5) is 24.3. The Balaban J connectivity index is 2.19. The van der Waals surface area contributed by atoms with Gasteiger partial charge in [-0.25, -0.2) is 12.8 Å². The number of nitrogens with one attached hydrogen (secondary N) is 1. The monoisotopic (exact) mass is 396 g/mol. The summed E-state index contributed by atoms with van der Waals surface area (Å²) >= 11 is 0. The van der Waals surface area contributed by atoms with Crippen LogP contribution < -0.4 is 10.3 Å². The van der Waals surface area contributed by atoms with Gasteiger partial charge in [-0.15, -0.1) is 0 Å². The first kappa shape index (κ1) is 20.6. The number of hydrogen-bond donors (Lipinski definition) is 1. The van der Waals surface area contributed by atoms with Crippen LogP contribution >= 0.6 is 0 Å². The van der Waals surface area contributed by atoms with Crippen LogP contribution in [0.1, 0.15) is 26.3 Å². The van der Waals surface area contributed by atoms with Gasteiger partial charge in [-0.05, 0) is 39.0 Å². The Hall–Kier alpha value is -2.68. The second-order valence-corrected chi connectivity index (χ2v) is 8.62. The fourth-order valence-corrected chi connectivity index (χ4v) is 3.48. The second-order valence-electron chi connectivity index (χ2n) is 6.89. The number of anilines is 1. The van der Waals surface area contributed by atoms with Gasteiger partial charge in [0, 0.05) is 11.8 Å². The Kier molecular flexibility index (Phi) is 6.04. The highest BCUT2D eigenvalue weighted by Crippen LogP contribution is 2.13. The van der Waals surface area contributed by atoms with Crippen molar-refractivity contribution in [2.75, 3.05) is 4.72 Å². The smallest absolute Gasteiger partial charge is 0.326 e. The van der Waals surface area contributed by atoms with Crippen molar-refractivity contribution in [3.05, 3.63) is 64.3 Å². The van der Waals surface area contributed by atoms with Gasteiger partial charge >= 0.3 is 5.97 Å².